The lowest BCUT2D eigenvalue weighted by Crippen LogP contribution is -2.57. The maximum absolute atomic E-state index is 12.7. The Morgan fingerprint density at radius 3 is 2.44 bits per heavy atom. The second-order valence-corrected chi connectivity index (χ2v) is 7.71. The smallest absolute Gasteiger partial charge is 0.255 e. The molecule has 1 aliphatic heterocycles. The molecule has 0 atom stereocenters. The molecule has 0 aromatic heterocycles. The van der Waals surface area contributed by atoms with Gasteiger partial charge in [-0.05, 0) is 54.7 Å². The molecule has 2 amide bonds. The van der Waals surface area contributed by atoms with E-state index < -0.39 is 5.41 Å². The molecule has 1 saturated carbocycles. The van der Waals surface area contributed by atoms with Crippen LogP contribution in [0.15, 0.2) is 48.5 Å². The highest BCUT2D eigenvalue weighted by atomic mass is 35.5. The Morgan fingerprint density at radius 2 is 1.85 bits per heavy atom. The van der Waals surface area contributed by atoms with E-state index in [1.807, 2.05) is 24.3 Å². The van der Waals surface area contributed by atoms with Crippen molar-refractivity contribution in [3.63, 3.8) is 0 Å². The van der Waals surface area contributed by atoms with Crippen molar-refractivity contribution < 1.29 is 14.3 Å². The number of carbonyl (C=O) groups is 2. The lowest BCUT2D eigenvalue weighted by molar-refractivity contribution is -0.145. The first kappa shape index (κ1) is 18.0. The maximum Gasteiger partial charge on any atom is 0.255 e. The number of amides is 2. The monoisotopic (exact) mass is 384 g/mol. The van der Waals surface area contributed by atoms with Crippen molar-refractivity contribution in [1.29, 1.82) is 0 Å². The Bertz CT molecular complexity index is 858. The molecule has 0 radical (unpaired) electrons. The van der Waals surface area contributed by atoms with Crippen LogP contribution < -0.4 is 10.6 Å². The largest absolute Gasteiger partial charge is 0.378 e. The summed E-state index contributed by atoms with van der Waals surface area (Å²) in [6, 6.07) is 14.2. The van der Waals surface area contributed by atoms with E-state index in [2.05, 4.69) is 10.6 Å². The number of hydrogen-bond acceptors (Lipinski definition) is 3. The van der Waals surface area contributed by atoms with E-state index in [0.29, 0.717) is 35.4 Å². The van der Waals surface area contributed by atoms with Crippen LogP contribution >= 0.6 is 11.6 Å². The average Bonchev–Trinajstić information content (AvgIpc) is 3.45. The first-order valence-electron chi connectivity index (χ1n) is 9.10. The molecule has 6 heteroatoms. The van der Waals surface area contributed by atoms with E-state index in [0.717, 1.165) is 12.1 Å². The highest BCUT2D eigenvalue weighted by Gasteiger charge is 2.47. The van der Waals surface area contributed by atoms with E-state index in [1.165, 1.54) is 12.8 Å². The fourth-order valence-electron chi connectivity index (χ4n) is 3.17. The van der Waals surface area contributed by atoms with Crippen LogP contribution in [0.5, 0.6) is 0 Å². The molecule has 2 N–H and O–H groups in total. The first-order valence-corrected chi connectivity index (χ1v) is 9.48. The van der Waals surface area contributed by atoms with Crippen LogP contribution in [0.3, 0.4) is 0 Å². The van der Waals surface area contributed by atoms with Gasteiger partial charge in [0.15, 0.2) is 0 Å². The predicted octanol–water partition coefficient (Wildman–Crippen LogP) is 3.39. The minimum atomic E-state index is -0.621. The minimum absolute atomic E-state index is 0.0244. The van der Waals surface area contributed by atoms with Crippen LogP contribution in [0.1, 0.15) is 28.8 Å². The van der Waals surface area contributed by atoms with E-state index in [-0.39, 0.29) is 11.8 Å². The molecule has 1 heterocycles. The summed E-state index contributed by atoms with van der Waals surface area (Å²) in [4.78, 5) is 25.0. The van der Waals surface area contributed by atoms with Crippen LogP contribution in [0.2, 0.25) is 5.02 Å². The standard InChI is InChI=1S/C21H21ClN2O3/c22-17-3-1-2-15(10-17)19(25)24-18-8-6-16(7-9-18)21(12-27-13-21)20(26)23-11-14-4-5-14/h1-3,6-10,14H,4-5,11-13H2,(H,23,26)(H,24,25). The fraction of sp³-hybridized carbons (Fsp3) is 0.333. The van der Waals surface area contributed by atoms with Gasteiger partial charge in [-0.3, -0.25) is 9.59 Å². The van der Waals surface area contributed by atoms with Crippen molar-refractivity contribution in [3.8, 4) is 0 Å². The SMILES string of the molecule is O=C(Nc1ccc(C2(C(=O)NCC3CC3)COC2)cc1)c1cccc(Cl)c1. The second-order valence-electron chi connectivity index (χ2n) is 7.27. The minimum Gasteiger partial charge on any atom is -0.378 e. The zero-order valence-corrected chi connectivity index (χ0v) is 15.6. The number of benzene rings is 2. The molecule has 2 aliphatic rings. The van der Waals surface area contributed by atoms with E-state index in [9.17, 15) is 9.59 Å². The number of anilines is 1. The van der Waals surface area contributed by atoms with E-state index in [1.54, 1.807) is 24.3 Å². The van der Waals surface area contributed by atoms with E-state index in [4.69, 9.17) is 16.3 Å². The van der Waals surface area contributed by atoms with Gasteiger partial charge in [0.05, 0.1) is 13.2 Å². The van der Waals surface area contributed by atoms with Gasteiger partial charge >= 0.3 is 0 Å². The summed E-state index contributed by atoms with van der Waals surface area (Å²) in [7, 11) is 0. The third-order valence-electron chi connectivity index (χ3n) is 5.16. The zero-order chi connectivity index (χ0) is 18.9. The van der Waals surface area contributed by atoms with Crippen molar-refractivity contribution in [3.05, 3.63) is 64.7 Å². The number of halogens is 1. The van der Waals surface area contributed by atoms with Gasteiger partial charge in [-0.15, -0.1) is 0 Å². The summed E-state index contributed by atoms with van der Waals surface area (Å²) in [5.74, 6) is 0.432. The van der Waals surface area contributed by atoms with E-state index >= 15 is 0 Å². The van der Waals surface area contributed by atoms with Crippen molar-refractivity contribution >= 4 is 29.1 Å². The molecular formula is C21H21ClN2O3. The van der Waals surface area contributed by atoms with Gasteiger partial charge in [-0.25, -0.2) is 0 Å². The summed E-state index contributed by atoms with van der Waals surface area (Å²) in [6.45, 7) is 1.52. The molecule has 1 saturated heterocycles. The Balaban J connectivity index is 1.44. The van der Waals surface area contributed by atoms with Gasteiger partial charge in [-0.2, -0.15) is 0 Å². The molecule has 140 valence electrons. The summed E-state index contributed by atoms with van der Waals surface area (Å²) >= 11 is 5.93. The first-order chi connectivity index (χ1) is 13.1. The summed E-state index contributed by atoms with van der Waals surface area (Å²) in [5, 5.41) is 6.42. The predicted molar refractivity (Wildman–Crippen MR) is 104 cm³/mol. The van der Waals surface area contributed by atoms with Gasteiger partial charge < -0.3 is 15.4 Å². The number of nitrogens with one attached hydrogen (secondary N) is 2. The Kier molecular flexibility index (Phi) is 4.89. The van der Waals surface area contributed by atoms with Gasteiger partial charge in [-0.1, -0.05) is 29.8 Å². The fourth-order valence-corrected chi connectivity index (χ4v) is 3.36. The molecule has 5 nitrogen and oxygen atoms in total. The normalized spacial score (nSPS) is 17.7. The molecule has 0 unspecified atom stereocenters. The number of ether oxygens (including phenoxy) is 1. The molecule has 1 aliphatic carbocycles. The van der Waals surface area contributed by atoms with Gasteiger partial charge in [0.25, 0.3) is 5.91 Å². The average molecular weight is 385 g/mol. The van der Waals surface area contributed by atoms with Gasteiger partial charge in [0.2, 0.25) is 5.91 Å². The number of rotatable bonds is 6. The number of hydrogen-bond donors (Lipinski definition) is 2. The van der Waals surface area contributed by atoms with Crippen LogP contribution in [-0.2, 0) is 14.9 Å². The Hall–Kier alpha value is -2.37. The lowest BCUT2D eigenvalue weighted by Gasteiger charge is -2.40. The Morgan fingerprint density at radius 1 is 1.11 bits per heavy atom. The molecule has 2 fully saturated rings. The third kappa shape index (κ3) is 3.84. The molecular weight excluding hydrogens is 364 g/mol. The summed E-state index contributed by atoms with van der Waals surface area (Å²) in [5.41, 5.74) is 1.44. The molecule has 0 bridgehead atoms. The maximum atomic E-state index is 12.7. The van der Waals surface area contributed by atoms with Crippen LogP contribution in [0, 0.1) is 5.92 Å². The van der Waals surface area contributed by atoms with Crippen LogP contribution in [0.4, 0.5) is 5.69 Å². The molecule has 2 aromatic carbocycles. The number of carbonyl (C=O) groups excluding carboxylic acids is 2. The zero-order valence-electron chi connectivity index (χ0n) is 14.8. The Labute approximate surface area is 163 Å². The van der Waals surface area contributed by atoms with Crippen molar-refractivity contribution in [2.24, 2.45) is 5.92 Å². The lowest BCUT2D eigenvalue weighted by atomic mass is 9.77. The second kappa shape index (κ2) is 7.33. The van der Waals surface area contributed by atoms with Crippen LogP contribution in [-0.4, -0.2) is 31.6 Å². The summed E-state index contributed by atoms with van der Waals surface area (Å²) < 4.78 is 5.36. The highest BCUT2D eigenvalue weighted by molar-refractivity contribution is 6.31. The van der Waals surface area contributed by atoms with Crippen LogP contribution in [0.25, 0.3) is 0 Å². The molecule has 27 heavy (non-hydrogen) atoms. The van der Waals surface area contributed by atoms with Crippen molar-refractivity contribution in [2.75, 3.05) is 25.1 Å². The van der Waals surface area contributed by atoms with Crippen molar-refractivity contribution in [1.82, 2.24) is 5.32 Å². The third-order valence-corrected chi connectivity index (χ3v) is 5.40. The van der Waals surface area contributed by atoms with Crippen molar-refractivity contribution in [2.45, 2.75) is 18.3 Å². The molecule has 0 spiro atoms. The summed E-state index contributed by atoms with van der Waals surface area (Å²) in [6.07, 6.45) is 2.40. The van der Waals surface area contributed by atoms with Gasteiger partial charge in [0, 0.05) is 22.8 Å². The highest BCUT2D eigenvalue weighted by Crippen LogP contribution is 2.34. The molecule has 2 aromatic rings. The molecule has 4 rings (SSSR count). The topological polar surface area (TPSA) is 67.4 Å². The van der Waals surface area contributed by atoms with Gasteiger partial charge in [0.1, 0.15) is 5.41 Å². The quantitative estimate of drug-likeness (QED) is 0.802.